The van der Waals surface area contributed by atoms with Crippen molar-refractivity contribution in [2.45, 2.75) is 88.8 Å². The Balaban J connectivity index is 1.35. The molecule has 8 atom stereocenters. The molecule has 0 radical (unpaired) electrons. The Morgan fingerprint density at radius 3 is 2.52 bits per heavy atom. The molecule has 4 aliphatic carbocycles. The van der Waals surface area contributed by atoms with Crippen molar-refractivity contribution in [1.29, 1.82) is 0 Å². The number of rotatable bonds is 0. The highest BCUT2D eigenvalue weighted by atomic mass is 16.7. The summed E-state index contributed by atoms with van der Waals surface area (Å²) in [6.07, 6.45) is 9.29. The zero-order valence-corrected chi connectivity index (χ0v) is 15.6. The molecule has 2 heterocycles. The molecule has 0 bridgehead atoms. The Morgan fingerprint density at radius 2 is 1.72 bits per heavy atom. The van der Waals surface area contributed by atoms with Gasteiger partial charge in [-0.3, -0.25) is 0 Å². The first-order valence-electron chi connectivity index (χ1n) is 10.6. The van der Waals surface area contributed by atoms with E-state index in [1.807, 2.05) is 0 Å². The van der Waals surface area contributed by atoms with E-state index in [1.54, 1.807) is 0 Å². The van der Waals surface area contributed by atoms with Crippen LogP contribution in [-0.2, 0) is 14.2 Å². The van der Waals surface area contributed by atoms with Gasteiger partial charge in [0.2, 0.25) is 0 Å². The highest BCUT2D eigenvalue weighted by Crippen LogP contribution is 2.74. The Morgan fingerprint density at radius 1 is 0.920 bits per heavy atom. The Kier molecular flexibility index (Phi) is 2.93. The van der Waals surface area contributed by atoms with Gasteiger partial charge in [0.1, 0.15) is 5.60 Å². The van der Waals surface area contributed by atoms with Crippen LogP contribution in [0.3, 0.4) is 0 Å². The van der Waals surface area contributed by atoms with E-state index in [9.17, 15) is 5.11 Å². The van der Waals surface area contributed by atoms with Gasteiger partial charge in [0.25, 0.3) is 0 Å². The van der Waals surface area contributed by atoms with Gasteiger partial charge in [-0.25, -0.2) is 0 Å². The third-order valence-electron chi connectivity index (χ3n) is 9.84. The molecule has 6 rings (SSSR count). The number of hydrogen-bond donors (Lipinski definition) is 1. The summed E-state index contributed by atoms with van der Waals surface area (Å²) in [6.45, 7) is 6.35. The van der Waals surface area contributed by atoms with E-state index in [-0.39, 0.29) is 28.3 Å². The minimum atomic E-state index is -0.353. The van der Waals surface area contributed by atoms with Crippen LogP contribution in [0.1, 0.15) is 65.2 Å². The molecular weight excluding hydrogens is 316 g/mol. The maximum atomic E-state index is 10.6. The van der Waals surface area contributed by atoms with Crippen LogP contribution in [0, 0.1) is 28.6 Å². The van der Waals surface area contributed by atoms with Crippen LogP contribution in [0.2, 0.25) is 0 Å². The first-order valence-corrected chi connectivity index (χ1v) is 10.6. The second-order valence-electron chi connectivity index (χ2n) is 10.4. The number of aliphatic hydroxyl groups is 1. The van der Waals surface area contributed by atoms with Crippen LogP contribution >= 0.6 is 0 Å². The van der Waals surface area contributed by atoms with E-state index in [2.05, 4.69) is 13.8 Å². The maximum Gasteiger partial charge on any atom is 0.171 e. The van der Waals surface area contributed by atoms with Gasteiger partial charge >= 0.3 is 0 Å². The van der Waals surface area contributed by atoms with Gasteiger partial charge in [-0.15, -0.1) is 0 Å². The predicted molar refractivity (Wildman–Crippen MR) is 91.9 cm³/mol. The summed E-state index contributed by atoms with van der Waals surface area (Å²) in [4.78, 5) is 0. The molecule has 4 saturated carbocycles. The minimum Gasteiger partial charge on any atom is -0.393 e. The monoisotopic (exact) mass is 348 g/mol. The van der Waals surface area contributed by atoms with Crippen LogP contribution in [0.15, 0.2) is 0 Å². The summed E-state index contributed by atoms with van der Waals surface area (Å²) >= 11 is 0. The first kappa shape index (κ1) is 15.9. The molecule has 0 aromatic rings. The fourth-order valence-electron chi connectivity index (χ4n) is 8.34. The van der Waals surface area contributed by atoms with Crippen LogP contribution < -0.4 is 0 Å². The fraction of sp³-hybridized carbons (Fsp3) is 1.00. The summed E-state index contributed by atoms with van der Waals surface area (Å²) in [6, 6.07) is 0. The lowest BCUT2D eigenvalue weighted by Gasteiger charge is -2.59. The zero-order chi connectivity index (χ0) is 17.1. The SMILES string of the molecule is C[C@]12CCC3C(CC4OC45CC4(CC[C@]35C)OCCO4)C1CCC2O. The van der Waals surface area contributed by atoms with Crippen LogP contribution in [-0.4, -0.2) is 41.9 Å². The Labute approximate surface area is 150 Å². The van der Waals surface area contributed by atoms with Crippen molar-refractivity contribution < 1.29 is 19.3 Å². The van der Waals surface area contributed by atoms with E-state index in [4.69, 9.17) is 14.2 Å². The lowest BCUT2D eigenvalue weighted by molar-refractivity contribution is -0.227. The van der Waals surface area contributed by atoms with Crippen molar-refractivity contribution in [1.82, 2.24) is 0 Å². The number of fused-ring (bicyclic) bond motifs is 4. The normalized spacial score (nSPS) is 61.3. The summed E-state index contributed by atoms with van der Waals surface area (Å²) in [5.74, 6) is 1.82. The molecule has 6 unspecified atom stereocenters. The third-order valence-corrected chi connectivity index (χ3v) is 9.84. The quantitative estimate of drug-likeness (QED) is 0.683. The molecule has 25 heavy (non-hydrogen) atoms. The molecule has 140 valence electrons. The summed E-state index contributed by atoms with van der Waals surface area (Å²) < 4.78 is 18.7. The van der Waals surface area contributed by atoms with E-state index in [0.717, 1.165) is 50.7 Å². The standard InChI is InChI=1S/C21H32O4/c1-18-6-5-15-13(14(18)3-4-16(18)22)11-17-21(25-17)12-20(23-9-10-24-20)8-7-19(15,21)2/h13-17,22H,3-12H2,1-2H3/t13?,14?,15?,16?,17?,18-,19+,21?/m0/s1. The van der Waals surface area contributed by atoms with Gasteiger partial charge in [-0.1, -0.05) is 13.8 Å². The smallest absolute Gasteiger partial charge is 0.171 e. The van der Waals surface area contributed by atoms with E-state index >= 15 is 0 Å². The molecule has 4 nitrogen and oxygen atoms in total. The van der Waals surface area contributed by atoms with E-state index in [0.29, 0.717) is 12.0 Å². The highest BCUT2D eigenvalue weighted by Gasteiger charge is 2.78. The average molecular weight is 348 g/mol. The van der Waals surface area contributed by atoms with Crippen molar-refractivity contribution in [3.63, 3.8) is 0 Å². The molecule has 1 N–H and O–H groups in total. The molecule has 2 saturated heterocycles. The van der Waals surface area contributed by atoms with Crippen LogP contribution in [0.25, 0.3) is 0 Å². The van der Waals surface area contributed by atoms with E-state index in [1.165, 1.54) is 25.7 Å². The highest BCUT2D eigenvalue weighted by molar-refractivity contribution is 5.25. The predicted octanol–water partition coefficient (Wildman–Crippen LogP) is 3.26. The molecule has 0 amide bonds. The molecule has 0 aromatic carbocycles. The van der Waals surface area contributed by atoms with Crippen molar-refractivity contribution in [2.75, 3.05) is 13.2 Å². The van der Waals surface area contributed by atoms with Crippen molar-refractivity contribution >= 4 is 0 Å². The second-order valence-corrected chi connectivity index (χ2v) is 10.4. The summed E-state index contributed by atoms with van der Waals surface area (Å²) in [5, 5.41) is 10.6. The Bertz CT molecular complexity index is 601. The molecular formula is C21H32O4. The molecule has 2 spiro atoms. The second kappa shape index (κ2) is 4.63. The minimum absolute atomic E-state index is 0.00170. The average Bonchev–Trinajstić information content (AvgIpc) is 2.94. The third kappa shape index (κ3) is 1.74. The molecule has 6 aliphatic rings. The van der Waals surface area contributed by atoms with Gasteiger partial charge in [0, 0.05) is 18.3 Å². The zero-order valence-electron chi connectivity index (χ0n) is 15.6. The molecule has 2 aliphatic heterocycles. The maximum absolute atomic E-state index is 10.6. The summed E-state index contributed by atoms with van der Waals surface area (Å²) in [7, 11) is 0. The lowest BCUT2D eigenvalue weighted by atomic mass is 9.44. The van der Waals surface area contributed by atoms with Gasteiger partial charge in [0.05, 0.1) is 25.4 Å². The van der Waals surface area contributed by atoms with Gasteiger partial charge in [0.15, 0.2) is 5.79 Å². The summed E-state index contributed by atoms with van der Waals surface area (Å²) in [5.41, 5.74) is 0.414. The van der Waals surface area contributed by atoms with Crippen molar-refractivity contribution in [3.8, 4) is 0 Å². The van der Waals surface area contributed by atoms with Gasteiger partial charge in [-0.2, -0.15) is 0 Å². The van der Waals surface area contributed by atoms with Crippen LogP contribution in [0.4, 0.5) is 0 Å². The molecule has 0 aromatic heterocycles. The van der Waals surface area contributed by atoms with Gasteiger partial charge < -0.3 is 19.3 Å². The number of epoxide rings is 1. The molecule has 6 fully saturated rings. The number of hydrogen-bond acceptors (Lipinski definition) is 4. The van der Waals surface area contributed by atoms with Crippen molar-refractivity contribution in [2.24, 2.45) is 28.6 Å². The Hall–Kier alpha value is -0.160. The van der Waals surface area contributed by atoms with E-state index < -0.39 is 0 Å². The molecule has 4 heteroatoms. The number of ether oxygens (including phenoxy) is 3. The van der Waals surface area contributed by atoms with Gasteiger partial charge in [-0.05, 0) is 61.7 Å². The first-order chi connectivity index (χ1) is 11.9. The lowest BCUT2D eigenvalue weighted by Crippen LogP contribution is -2.61. The number of aliphatic hydroxyl groups excluding tert-OH is 1. The topological polar surface area (TPSA) is 51.2 Å². The van der Waals surface area contributed by atoms with Crippen molar-refractivity contribution in [3.05, 3.63) is 0 Å². The fourth-order valence-corrected chi connectivity index (χ4v) is 8.34. The largest absolute Gasteiger partial charge is 0.393 e. The van der Waals surface area contributed by atoms with Crippen LogP contribution in [0.5, 0.6) is 0 Å².